The number of nitrogens with zero attached hydrogens (tertiary/aromatic N) is 1. The second kappa shape index (κ2) is 6.43. The predicted octanol–water partition coefficient (Wildman–Crippen LogP) is 1.75. The first-order valence-electron chi connectivity index (χ1n) is 6.52. The number of hydrogen-bond acceptors (Lipinski definition) is 4. The normalized spacial score (nSPS) is 18.5. The first kappa shape index (κ1) is 13.7. The van der Waals surface area contributed by atoms with Crippen LogP contribution in [0.1, 0.15) is 18.4 Å². The van der Waals surface area contributed by atoms with Crippen LogP contribution in [0.4, 0.5) is 4.79 Å². The second-order valence-corrected chi connectivity index (χ2v) is 4.63. The molecule has 19 heavy (non-hydrogen) atoms. The van der Waals surface area contributed by atoms with Crippen LogP contribution in [0.3, 0.4) is 0 Å². The van der Waals surface area contributed by atoms with E-state index in [1.54, 1.807) is 12.0 Å². The van der Waals surface area contributed by atoms with Crippen LogP contribution in [0.2, 0.25) is 0 Å². The molecule has 1 saturated heterocycles. The van der Waals surface area contributed by atoms with Crippen LogP contribution in [0.15, 0.2) is 24.3 Å². The Bertz CT molecular complexity index is 436. The van der Waals surface area contributed by atoms with Crippen LogP contribution >= 0.6 is 0 Å². The summed E-state index contributed by atoms with van der Waals surface area (Å²) in [5.41, 5.74) is 6.45. The molecule has 1 atom stereocenters. The standard InChI is InChI=1S/C14H20N2O3/c1-18-13-7-3-2-5-11(13)9-16-10-12(6-4-8-15)19-14(16)17/h2-3,5,7,12H,4,6,8-10,15H2,1H3. The highest BCUT2D eigenvalue weighted by atomic mass is 16.6. The fourth-order valence-electron chi connectivity index (χ4n) is 2.24. The minimum absolute atomic E-state index is 0.0363. The van der Waals surface area contributed by atoms with Crippen LogP contribution in [0.5, 0.6) is 5.75 Å². The maximum atomic E-state index is 11.8. The molecule has 2 rings (SSSR count). The van der Waals surface area contributed by atoms with E-state index < -0.39 is 0 Å². The van der Waals surface area contributed by atoms with E-state index in [0.717, 1.165) is 24.2 Å². The zero-order valence-corrected chi connectivity index (χ0v) is 11.2. The van der Waals surface area contributed by atoms with Crippen molar-refractivity contribution in [3.8, 4) is 5.75 Å². The molecule has 0 saturated carbocycles. The molecule has 1 aromatic rings. The maximum absolute atomic E-state index is 11.8. The number of benzene rings is 1. The van der Waals surface area contributed by atoms with Gasteiger partial charge in [-0.25, -0.2) is 4.79 Å². The lowest BCUT2D eigenvalue weighted by atomic mass is 10.1. The zero-order chi connectivity index (χ0) is 13.7. The lowest BCUT2D eigenvalue weighted by Crippen LogP contribution is -2.25. The van der Waals surface area contributed by atoms with Gasteiger partial charge in [-0.15, -0.1) is 0 Å². The van der Waals surface area contributed by atoms with Gasteiger partial charge in [0.25, 0.3) is 0 Å². The van der Waals surface area contributed by atoms with Gasteiger partial charge in [0.2, 0.25) is 0 Å². The lowest BCUT2D eigenvalue weighted by Gasteiger charge is -2.15. The molecule has 1 aromatic carbocycles. The zero-order valence-electron chi connectivity index (χ0n) is 11.2. The van der Waals surface area contributed by atoms with Crippen molar-refractivity contribution in [3.63, 3.8) is 0 Å². The minimum Gasteiger partial charge on any atom is -0.496 e. The highest BCUT2D eigenvalue weighted by Gasteiger charge is 2.31. The lowest BCUT2D eigenvalue weighted by molar-refractivity contribution is 0.127. The molecule has 2 N–H and O–H groups in total. The Hall–Kier alpha value is -1.75. The molecular weight excluding hydrogens is 244 g/mol. The van der Waals surface area contributed by atoms with Crippen LogP contribution in [0, 0.1) is 0 Å². The monoisotopic (exact) mass is 264 g/mol. The number of rotatable bonds is 6. The van der Waals surface area contributed by atoms with Crippen molar-refractivity contribution in [2.75, 3.05) is 20.2 Å². The molecule has 104 valence electrons. The summed E-state index contributed by atoms with van der Waals surface area (Å²) in [6, 6.07) is 7.70. The average Bonchev–Trinajstić information content (AvgIpc) is 2.77. The van der Waals surface area contributed by atoms with Crippen molar-refractivity contribution in [2.24, 2.45) is 5.73 Å². The van der Waals surface area contributed by atoms with Gasteiger partial charge in [0.1, 0.15) is 11.9 Å². The topological polar surface area (TPSA) is 64.8 Å². The summed E-state index contributed by atoms with van der Waals surface area (Å²) in [6.07, 6.45) is 1.41. The van der Waals surface area contributed by atoms with Crippen molar-refractivity contribution in [1.82, 2.24) is 4.90 Å². The number of amides is 1. The third-order valence-corrected chi connectivity index (χ3v) is 3.23. The van der Waals surface area contributed by atoms with Crippen molar-refractivity contribution in [1.29, 1.82) is 0 Å². The number of cyclic esters (lactones) is 1. The van der Waals surface area contributed by atoms with Gasteiger partial charge in [-0.3, -0.25) is 0 Å². The summed E-state index contributed by atoms with van der Waals surface area (Å²) in [5, 5.41) is 0. The number of hydrogen-bond donors (Lipinski definition) is 1. The number of methoxy groups -OCH3 is 1. The van der Waals surface area contributed by atoms with E-state index in [-0.39, 0.29) is 12.2 Å². The van der Waals surface area contributed by atoms with Gasteiger partial charge in [-0.05, 0) is 25.5 Å². The van der Waals surface area contributed by atoms with Crippen LogP contribution in [-0.4, -0.2) is 37.3 Å². The van der Waals surface area contributed by atoms with Crippen molar-refractivity contribution >= 4 is 6.09 Å². The smallest absolute Gasteiger partial charge is 0.410 e. The third kappa shape index (κ3) is 3.38. The van der Waals surface area contributed by atoms with E-state index in [2.05, 4.69) is 0 Å². The summed E-state index contributed by atoms with van der Waals surface area (Å²) in [7, 11) is 1.63. The number of nitrogens with two attached hydrogens (primary N) is 1. The average molecular weight is 264 g/mol. The van der Waals surface area contributed by atoms with E-state index in [0.29, 0.717) is 19.6 Å². The number of para-hydroxylation sites is 1. The van der Waals surface area contributed by atoms with Gasteiger partial charge >= 0.3 is 6.09 Å². The van der Waals surface area contributed by atoms with Gasteiger partial charge in [-0.1, -0.05) is 18.2 Å². The van der Waals surface area contributed by atoms with E-state index in [1.165, 1.54) is 0 Å². The molecule has 0 aliphatic carbocycles. The van der Waals surface area contributed by atoms with Crippen molar-refractivity contribution in [3.05, 3.63) is 29.8 Å². The second-order valence-electron chi connectivity index (χ2n) is 4.63. The molecule has 5 heteroatoms. The molecule has 0 radical (unpaired) electrons. The SMILES string of the molecule is COc1ccccc1CN1CC(CCCN)OC1=O. The molecule has 0 bridgehead atoms. The highest BCUT2D eigenvalue weighted by molar-refractivity contribution is 5.70. The molecule has 1 aliphatic rings. The number of carbonyl (C=O) groups excluding carboxylic acids is 1. The Labute approximate surface area is 113 Å². The molecular formula is C14H20N2O3. The third-order valence-electron chi connectivity index (χ3n) is 3.23. The van der Waals surface area contributed by atoms with E-state index >= 15 is 0 Å². The maximum Gasteiger partial charge on any atom is 0.410 e. The Kier molecular flexibility index (Phi) is 4.63. The summed E-state index contributed by atoms with van der Waals surface area (Å²) in [4.78, 5) is 13.5. The Balaban J connectivity index is 1.97. The Morgan fingerprint density at radius 3 is 3.00 bits per heavy atom. The first-order chi connectivity index (χ1) is 9.24. The van der Waals surface area contributed by atoms with Crippen LogP contribution in [0.25, 0.3) is 0 Å². The van der Waals surface area contributed by atoms with E-state index in [4.69, 9.17) is 15.2 Å². The summed E-state index contributed by atoms with van der Waals surface area (Å²) in [6.45, 7) is 1.76. The Morgan fingerprint density at radius 2 is 2.26 bits per heavy atom. The van der Waals surface area contributed by atoms with Crippen LogP contribution < -0.4 is 10.5 Å². The fourth-order valence-corrected chi connectivity index (χ4v) is 2.24. The minimum atomic E-state index is -0.257. The molecule has 0 aromatic heterocycles. The molecule has 1 fully saturated rings. The van der Waals surface area contributed by atoms with Gasteiger partial charge in [-0.2, -0.15) is 0 Å². The molecule has 1 amide bonds. The predicted molar refractivity (Wildman–Crippen MR) is 72.0 cm³/mol. The Morgan fingerprint density at radius 1 is 1.47 bits per heavy atom. The van der Waals surface area contributed by atoms with Crippen LogP contribution in [-0.2, 0) is 11.3 Å². The van der Waals surface area contributed by atoms with E-state index in [1.807, 2.05) is 24.3 Å². The van der Waals surface area contributed by atoms with Crippen molar-refractivity contribution < 1.29 is 14.3 Å². The summed E-state index contributed by atoms with van der Waals surface area (Å²) >= 11 is 0. The van der Waals surface area contributed by atoms with Gasteiger partial charge < -0.3 is 20.1 Å². The fraction of sp³-hybridized carbons (Fsp3) is 0.500. The number of ether oxygens (including phenoxy) is 2. The van der Waals surface area contributed by atoms with Gasteiger partial charge in [0.15, 0.2) is 0 Å². The molecule has 1 heterocycles. The van der Waals surface area contributed by atoms with Gasteiger partial charge in [0.05, 0.1) is 20.2 Å². The number of carbonyl (C=O) groups is 1. The van der Waals surface area contributed by atoms with Gasteiger partial charge in [0, 0.05) is 5.56 Å². The molecule has 1 aliphatic heterocycles. The molecule has 5 nitrogen and oxygen atoms in total. The van der Waals surface area contributed by atoms with Crippen molar-refractivity contribution in [2.45, 2.75) is 25.5 Å². The summed E-state index contributed by atoms with van der Waals surface area (Å²) in [5.74, 6) is 0.792. The summed E-state index contributed by atoms with van der Waals surface area (Å²) < 4.78 is 10.6. The molecule has 1 unspecified atom stereocenters. The largest absolute Gasteiger partial charge is 0.496 e. The highest BCUT2D eigenvalue weighted by Crippen LogP contribution is 2.23. The quantitative estimate of drug-likeness (QED) is 0.850. The van der Waals surface area contributed by atoms with E-state index in [9.17, 15) is 4.79 Å². The molecule has 0 spiro atoms. The first-order valence-corrected chi connectivity index (χ1v) is 6.52.